The number of rotatable bonds is 6. The zero-order valence-corrected chi connectivity index (χ0v) is 22.9. The van der Waals surface area contributed by atoms with Gasteiger partial charge in [-0.25, -0.2) is 0 Å². The molecular weight excluding hydrogens is 520 g/mol. The molecule has 0 saturated carbocycles. The molecule has 1 N–H and O–H groups in total. The Morgan fingerprint density at radius 2 is 1.32 bits per heavy atom. The molecule has 5 rings (SSSR count). The first kappa shape index (κ1) is 26.0. The van der Waals surface area contributed by atoms with Crippen LogP contribution in [0.5, 0.6) is 5.75 Å². The molecule has 0 bridgehead atoms. The number of nitrogens with zero attached hydrogens (tertiary/aromatic N) is 4. The van der Waals surface area contributed by atoms with E-state index in [1.807, 2.05) is 36.4 Å². The number of hydrogen-bond donors (Lipinski definition) is 1. The molecule has 2 saturated heterocycles. The van der Waals surface area contributed by atoms with Gasteiger partial charge in [-0.2, -0.15) is 0 Å². The molecule has 2 aliphatic rings. The first-order valence-corrected chi connectivity index (χ1v) is 13.3. The lowest BCUT2D eigenvalue weighted by Crippen LogP contribution is -2.46. The summed E-state index contributed by atoms with van der Waals surface area (Å²) in [4.78, 5) is 34.2. The van der Waals surface area contributed by atoms with Crippen molar-refractivity contribution in [3.63, 3.8) is 0 Å². The molecular formula is C29H29ClN4O3S. The first-order chi connectivity index (χ1) is 18.1. The number of thiocarbonyl (C=S) groups is 1. The van der Waals surface area contributed by atoms with Crippen LogP contribution in [0.15, 0.2) is 72.8 Å². The van der Waals surface area contributed by atoms with E-state index < -0.39 is 5.54 Å². The van der Waals surface area contributed by atoms with Gasteiger partial charge in [-0.1, -0.05) is 11.6 Å². The molecule has 0 unspecified atom stereocenters. The van der Waals surface area contributed by atoms with Crippen molar-refractivity contribution in [3.8, 4) is 5.75 Å². The Hall–Kier alpha value is -3.62. The van der Waals surface area contributed by atoms with E-state index in [0.717, 1.165) is 37.6 Å². The minimum atomic E-state index is -0.956. The van der Waals surface area contributed by atoms with Crippen molar-refractivity contribution in [1.82, 2.24) is 4.90 Å². The normalized spacial score (nSPS) is 17.3. The summed E-state index contributed by atoms with van der Waals surface area (Å²) < 4.78 is 0. The van der Waals surface area contributed by atoms with Crippen LogP contribution < -0.4 is 14.7 Å². The number of benzene rings is 3. The Morgan fingerprint density at radius 3 is 1.84 bits per heavy atom. The van der Waals surface area contributed by atoms with Gasteiger partial charge in [-0.05, 0) is 98.9 Å². The van der Waals surface area contributed by atoms with Crippen LogP contribution in [0.4, 0.5) is 17.1 Å². The molecule has 196 valence electrons. The Bertz CT molecular complexity index is 1350. The van der Waals surface area contributed by atoms with Gasteiger partial charge in [0.25, 0.3) is 5.91 Å². The summed E-state index contributed by atoms with van der Waals surface area (Å²) in [6.07, 6.45) is 0. The Balaban J connectivity index is 1.26. The van der Waals surface area contributed by atoms with Gasteiger partial charge >= 0.3 is 0 Å². The molecule has 1 amide bonds. The van der Waals surface area contributed by atoms with Gasteiger partial charge in [0.15, 0.2) is 10.9 Å². The Labute approximate surface area is 232 Å². The topological polar surface area (TPSA) is 67.3 Å². The number of amides is 1. The molecule has 2 fully saturated rings. The van der Waals surface area contributed by atoms with E-state index in [1.165, 1.54) is 4.90 Å². The average molecular weight is 549 g/mol. The van der Waals surface area contributed by atoms with Crippen LogP contribution >= 0.6 is 23.8 Å². The largest absolute Gasteiger partial charge is 0.508 e. The van der Waals surface area contributed by atoms with Crippen LogP contribution in [0.1, 0.15) is 24.2 Å². The molecule has 0 aromatic heterocycles. The van der Waals surface area contributed by atoms with E-state index in [4.69, 9.17) is 23.8 Å². The van der Waals surface area contributed by atoms with E-state index >= 15 is 0 Å². The lowest BCUT2D eigenvalue weighted by atomic mass is 10.0. The van der Waals surface area contributed by atoms with Gasteiger partial charge in [-0.15, -0.1) is 0 Å². The van der Waals surface area contributed by atoms with Crippen molar-refractivity contribution >= 4 is 57.7 Å². The van der Waals surface area contributed by atoms with Gasteiger partial charge in [0, 0.05) is 48.1 Å². The summed E-state index contributed by atoms with van der Waals surface area (Å²) in [5.74, 6) is -0.0293. The molecule has 38 heavy (non-hydrogen) atoms. The van der Waals surface area contributed by atoms with Crippen LogP contribution in [0.3, 0.4) is 0 Å². The predicted molar refractivity (Wildman–Crippen MR) is 156 cm³/mol. The molecule has 7 nitrogen and oxygen atoms in total. The lowest BCUT2D eigenvalue weighted by Gasteiger charge is -2.37. The fourth-order valence-corrected chi connectivity index (χ4v) is 5.51. The number of anilines is 3. The number of ketones is 1. The van der Waals surface area contributed by atoms with Crippen LogP contribution in [0.25, 0.3) is 0 Å². The molecule has 9 heteroatoms. The quantitative estimate of drug-likeness (QED) is 0.345. The van der Waals surface area contributed by atoms with Crippen LogP contribution in [0, 0.1) is 0 Å². The second kappa shape index (κ2) is 10.3. The Kier molecular flexibility index (Phi) is 7.03. The molecule has 2 heterocycles. The van der Waals surface area contributed by atoms with E-state index in [9.17, 15) is 14.7 Å². The third-order valence-corrected chi connectivity index (χ3v) is 7.91. The molecule has 3 aromatic rings. The number of aromatic hydroxyl groups is 1. The van der Waals surface area contributed by atoms with Gasteiger partial charge < -0.3 is 19.8 Å². The number of phenolic OH excluding ortho intramolecular Hbond substituents is 1. The maximum Gasteiger partial charge on any atom is 0.258 e. The highest BCUT2D eigenvalue weighted by molar-refractivity contribution is 7.80. The maximum absolute atomic E-state index is 13.4. The summed E-state index contributed by atoms with van der Waals surface area (Å²) in [7, 11) is 0. The SMILES string of the molecule is CC1(C)C(=O)N(c2ccc(N3CCN(c4ccc(O)cc4)CC3)cc2)C(=S)N1CC(=O)c1ccc(Cl)cc1. The first-order valence-electron chi connectivity index (χ1n) is 12.5. The lowest BCUT2D eigenvalue weighted by molar-refractivity contribution is -0.123. The van der Waals surface area contributed by atoms with Crippen LogP contribution in [0.2, 0.25) is 5.02 Å². The van der Waals surface area contributed by atoms with Crippen LogP contribution in [-0.4, -0.2) is 65.1 Å². The van der Waals surface area contributed by atoms with Crippen molar-refractivity contribution in [2.24, 2.45) is 0 Å². The van der Waals surface area contributed by atoms with Gasteiger partial charge in [-0.3, -0.25) is 14.5 Å². The zero-order chi connectivity index (χ0) is 27.0. The van der Waals surface area contributed by atoms with Crippen molar-refractivity contribution < 1.29 is 14.7 Å². The van der Waals surface area contributed by atoms with E-state index in [0.29, 0.717) is 21.4 Å². The van der Waals surface area contributed by atoms with Gasteiger partial charge in [0.1, 0.15) is 11.3 Å². The second-order valence-electron chi connectivity index (χ2n) is 10.0. The van der Waals surface area contributed by atoms with E-state index in [2.05, 4.69) is 9.80 Å². The number of phenols is 1. The number of halogens is 1. The van der Waals surface area contributed by atoms with E-state index in [1.54, 1.807) is 55.1 Å². The van der Waals surface area contributed by atoms with Gasteiger partial charge in [0.05, 0.1) is 12.2 Å². The fraction of sp³-hybridized carbons (Fsp3) is 0.276. The smallest absolute Gasteiger partial charge is 0.258 e. The number of Topliss-reactive ketones (excluding diaryl/α,β-unsaturated/α-hetero) is 1. The maximum atomic E-state index is 13.4. The highest BCUT2D eigenvalue weighted by Gasteiger charge is 2.50. The molecule has 0 spiro atoms. The van der Waals surface area contributed by atoms with Crippen molar-refractivity contribution in [3.05, 3.63) is 83.4 Å². The molecule has 0 atom stereocenters. The number of hydrogen-bond acceptors (Lipinski definition) is 6. The third-order valence-electron chi connectivity index (χ3n) is 7.26. The summed E-state index contributed by atoms with van der Waals surface area (Å²) in [5, 5.41) is 10.4. The summed E-state index contributed by atoms with van der Waals surface area (Å²) in [6.45, 7) is 7.03. The molecule has 0 aliphatic carbocycles. The highest BCUT2D eigenvalue weighted by Crippen LogP contribution is 2.33. The summed E-state index contributed by atoms with van der Waals surface area (Å²) >= 11 is 11.7. The number of piperazine rings is 1. The molecule has 0 radical (unpaired) electrons. The average Bonchev–Trinajstić information content (AvgIpc) is 3.08. The monoisotopic (exact) mass is 548 g/mol. The second-order valence-corrected chi connectivity index (χ2v) is 10.8. The Morgan fingerprint density at radius 1 is 0.842 bits per heavy atom. The fourth-order valence-electron chi connectivity index (χ4n) is 4.90. The van der Waals surface area contributed by atoms with Gasteiger partial charge in [0.2, 0.25) is 0 Å². The van der Waals surface area contributed by atoms with E-state index in [-0.39, 0.29) is 24.0 Å². The number of carbonyl (C=O) groups is 2. The molecule has 3 aromatic carbocycles. The number of carbonyl (C=O) groups excluding carboxylic acids is 2. The van der Waals surface area contributed by atoms with Crippen LogP contribution in [-0.2, 0) is 4.79 Å². The zero-order valence-electron chi connectivity index (χ0n) is 21.3. The standard InChI is InChI=1S/C29H29ClN4O3S/c1-29(2)27(37)34(28(38)33(29)19-26(36)20-3-5-21(30)6-4-20)24-9-7-22(8-10-24)31-15-17-32(18-16-31)23-11-13-25(35)14-12-23/h3-14,35H,15-19H2,1-2H3. The third kappa shape index (κ3) is 4.93. The van der Waals surface area contributed by atoms with Crippen molar-refractivity contribution in [2.75, 3.05) is 47.4 Å². The molecule has 2 aliphatic heterocycles. The van der Waals surface area contributed by atoms with Crippen molar-refractivity contribution in [1.29, 1.82) is 0 Å². The highest BCUT2D eigenvalue weighted by atomic mass is 35.5. The summed E-state index contributed by atoms with van der Waals surface area (Å²) in [6, 6.07) is 21.8. The predicted octanol–water partition coefficient (Wildman–Crippen LogP) is 4.97. The minimum Gasteiger partial charge on any atom is -0.508 e. The minimum absolute atomic E-state index is 0.000894. The van der Waals surface area contributed by atoms with Crippen molar-refractivity contribution in [2.45, 2.75) is 19.4 Å². The summed E-state index contributed by atoms with van der Waals surface area (Å²) in [5.41, 5.74) is 2.42.